The van der Waals surface area contributed by atoms with Crippen molar-refractivity contribution in [2.24, 2.45) is 0 Å². The molecule has 8 heteroatoms. The van der Waals surface area contributed by atoms with Crippen LogP contribution < -0.4 is 5.56 Å². The number of aromatic nitrogens is 2. The summed E-state index contributed by atoms with van der Waals surface area (Å²) in [6, 6.07) is 4.48. The average molecular weight is 323 g/mol. The monoisotopic (exact) mass is 322 g/mol. The molecule has 0 amide bonds. The van der Waals surface area contributed by atoms with E-state index in [0.29, 0.717) is 5.56 Å². The van der Waals surface area contributed by atoms with Crippen LogP contribution in [0.4, 0.5) is 13.2 Å². The van der Waals surface area contributed by atoms with E-state index in [9.17, 15) is 18.0 Å². The zero-order valence-electron chi connectivity index (χ0n) is 9.79. The Kier molecular flexibility index (Phi) is 4.06. The second kappa shape index (κ2) is 5.46. The van der Waals surface area contributed by atoms with Gasteiger partial charge in [0.25, 0.3) is 5.56 Å². The molecule has 20 heavy (non-hydrogen) atoms. The number of alkyl halides is 3. The summed E-state index contributed by atoms with van der Waals surface area (Å²) in [5.41, 5.74) is -0.785. The number of hydrogen-bond acceptors (Lipinski definition) is 2. The fraction of sp³-hybridized carbons (Fsp3) is 0.167. The van der Waals surface area contributed by atoms with E-state index in [2.05, 4.69) is 4.98 Å². The molecule has 0 atom stereocenters. The van der Waals surface area contributed by atoms with Gasteiger partial charge in [-0.15, -0.1) is 0 Å². The molecule has 0 N–H and O–H groups in total. The zero-order chi connectivity index (χ0) is 14.9. The molecule has 106 valence electrons. The fourth-order valence-corrected chi connectivity index (χ4v) is 1.83. The molecule has 0 aliphatic carbocycles. The maximum Gasteiger partial charge on any atom is 0.416 e. The first kappa shape index (κ1) is 14.9. The summed E-state index contributed by atoms with van der Waals surface area (Å²) < 4.78 is 38.4. The van der Waals surface area contributed by atoms with Crippen LogP contribution >= 0.6 is 23.2 Å². The summed E-state index contributed by atoms with van der Waals surface area (Å²) in [5.74, 6) is 0. The summed E-state index contributed by atoms with van der Waals surface area (Å²) in [5, 5.41) is -0.332. The molecule has 0 bridgehead atoms. The Bertz CT molecular complexity index is 681. The van der Waals surface area contributed by atoms with Gasteiger partial charge in [0.1, 0.15) is 5.02 Å². The molecule has 0 aliphatic rings. The Hall–Kier alpha value is -1.53. The van der Waals surface area contributed by atoms with Gasteiger partial charge in [-0.05, 0) is 17.7 Å². The van der Waals surface area contributed by atoms with E-state index in [4.69, 9.17) is 23.2 Å². The lowest BCUT2D eigenvalue weighted by atomic mass is 10.1. The molecule has 1 heterocycles. The van der Waals surface area contributed by atoms with Gasteiger partial charge >= 0.3 is 6.18 Å². The van der Waals surface area contributed by atoms with Gasteiger partial charge in [0, 0.05) is 0 Å². The first-order valence-electron chi connectivity index (χ1n) is 5.35. The first-order valence-corrected chi connectivity index (χ1v) is 6.11. The lowest BCUT2D eigenvalue weighted by Crippen LogP contribution is -2.21. The van der Waals surface area contributed by atoms with Gasteiger partial charge in [0.15, 0.2) is 5.15 Å². The maximum atomic E-state index is 12.4. The Morgan fingerprint density at radius 3 is 2.30 bits per heavy atom. The predicted molar refractivity (Wildman–Crippen MR) is 69.1 cm³/mol. The standard InChI is InChI=1S/C12H7Cl2F3N2O/c13-9-10(14)18-6-19(11(9)20)5-7-1-3-8(4-2-7)12(15,16)17/h1-4,6H,5H2. The Morgan fingerprint density at radius 1 is 1.15 bits per heavy atom. The van der Waals surface area contributed by atoms with Crippen molar-refractivity contribution in [3.63, 3.8) is 0 Å². The van der Waals surface area contributed by atoms with Crippen LogP contribution in [0, 0.1) is 0 Å². The number of halogens is 5. The van der Waals surface area contributed by atoms with Crippen LogP contribution in [0.2, 0.25) is 10.2 Å². The zero-order valence-corrected chi connectivity index (χ0v) is 11.3. The van der Waals surface area contributed by atoms with E-state index in [1.807, 2.05) is 0 Å². The lowest BCUT2D eigenvalue weighted by Gasteiger charge is -2.09. The van der Waals surface area contributed by atoms with Gasteiger partial charge in [0.2, 0.25) is 0 Å². The smallest absolute Gasteiger partial charge is 0.293 e. The lowest BCUT2D eigenvalue weighted by molar-refractivity contribution is -0.137. The highest BCUT2D eigenvalue weighted by molar-refractivity contribution is 6.40. The second-order valence-corrected chi connectivity index (χ2v) is 4.71. The van der Waals surface area contributed by atoms with Crippen molar-refractivity contribution in [2.75, 3.05) is 0 Å². The SMILES string of the molecule is O=c1c(Cl)c(Cl)ncn1Cc1ccc(C(F)(F)F)cc1. The summed E-state index contributed by atoms with van der Waals surface area (Å²) in [7, 11) is 0. The molecule has 0 aliphatic heterocycles. The van der Waals surface area contributed by atoms with E-state index in [1.54, 1.807) is 0 Å². The molecule has 0 radical (unpaired) electrons. The molecular formula is C12H7Cl2F3N2O. The van der Waals surface area contributed by atoms with E-state index in [1.165, 1.54) is 18.5 Å². The molecule has 0 unspecified atom stereocenters. The van der Waals surface area contributed by atoms with E-state index < -0.39 is 17.3 Å². The van der Waals surface area contributed by atoms with Gasteiger partial charge in [-0.1, -0.05) is 35.3 Å². The minimum absolute atomic E-state index is 0.0564. The highest BCUT2D eigenvalue weighted by Crippen LogP contribution is 2.29. The number of rotatable bonds is 2. The number of benzene rings is 1. The van der Waals surface area contributed by atoms with Crippen LogP contribution in [-0.2, 0) is 12.7 Å². The Labute approximate surface area is 121 Å². The number of hydrogen-bond donors (Lipinski definition) is 0. The Balaban J connectivity index is 2.28. The van der Waals surface area contributed by atoms with Crippen LogP contribution in [0.5, 0.6) is 0 Å². The van der Waals surface area contributed by atoms with E-state index >= 15 is 0 Å². The Morgan fingerprint density at radius 2 is 1.75 bits per heavy atom. The summed E-state index contributed by atoms with van der Waals surface area (Å²) in [6.07, 6.45) is -3.20. The van der Waals surface area contributed by atoms with E-state index in [-0.39, 0.29) is 16.7 Å². The third kappa shape index (κ3) is 3.13. The van der Waals surface area contributed by atoms with Crippen molar-refractivity contribution in [2.45, 2.75) is 12.7 Å². The van der Waals surface area contributed by atoms with E-state index in [0.717, 1.165) is 16.7 Å². The predicted octanol–water partition coefficient (Wildman–Crippen LogP) is 3.62. The molecule has 0 fully saturated rings. The maximum absolute atomic E-state index is 12.4. The van der Waals surface area contributed by atoms with Crippen molar-refractivity contribution >= 4 is 23.2 Å². The fourth-order valence-electron chi connectivity index (χ4n) is 1.55. The first-order chi connectivity index (χ1) is 9.29. The third-order valence-corrected chi connectivity index (χ3v) is 3.30. The third-order valence-electron chi connectivity index (χ3n) is 2.57. The molecule has 0 spiro atoms. The minimum atomic E-state index is -4.39. The molecule has 0 saturated carbocycles. The molecule has 2 aromatic rings. The second-order valence-electron chi connectivity index (χ2n) is 3.98. The summed E-state index contributed by atoms with van der Waals surface area (Å²) >= 11 is 11.2. The van der Waals surface area contributed by atoms with Crippen LogP contribution in [0.25, 0.3) is 0 Å². The summed E-state index contributed by atoms with van der Waals surface area (Å²) in [6.45, 7) is 0.0564. The van der Waals surface area contributed by atoms with Crippen LogP contribution in [0.15, 0.2) is 35.4 Å². The van der Waals surface area contributed by atoms with Crippen molar-refractivity contribution in [1.29, 1.82) is 0 Å². The van der Waals surface area contributed by atoms with Crippen LogP contribution in [0.1, 0.15) is 11.1 Å². The topological polar surface area (TPSA) is 34.9 Å². The normalized spacial score (nSPS) is 11.7. The molecule has 1 aromatic carbocycles. The average Bonchev–Trinajstić information content (AvgIpc) is 2.39. The van der Waals surface area contributed by atoms with Gasteiger partial charge < -0.3 is 0 Å². The summed E-state index contributed by atoms with van der Waals surface area (Å²) in [4.78, 5) is 15.5. The minimum Gasteiger partial charge on any atom is -0.293 e. The highest BCUT2D eigenvalue weighted by Gasteiger charge is 2.29. The van der Waals surface area contributed by atoms with Crippen molar-refractivity contribution in [1.82, 2.24) is 9.55 Å². The molecule has 0 saturated heterocycles. The van der Waals surface area contributed by atoms with Gasteiger partial charge in [-0.2, -0.15) is 13.2 Å². The van der Waals surface area contributed by atoms with Crippen LogP contribution in [-0.4, -0.2) is 9.55 Å². The van der Waals surface area contributed by atoms with Crippen LogP contribution in [0.3, 0.4) is 0 Å². The van der Waals surface area contributed by atoms with Crippen molar-refractivity contribution < 1.29 is 13.2 Å². The van der Waals surface area contributed by atoms with Gasteiger partial charge in [-0.3, -0.25) is 9.36 Å². The van der Waals surface area contributed by atoms with Crippen molar-refractivity contribution in [3.05, 3.63) is 62.2 Å². The number of nitrogens with zero attached hydrogens (tertiary/aromatic N) is 2. The molecule has 2 rings (SSSR count). The molecular weight excluding hydrogens is 316 g/mol. The largest absolute Gasteiger partial charge is 0.416 e. The molecule has 3 nitrogen and oxygen atoms in total. The highest BCUT2D eigenvalue weighted by atomic mass is 35.5. The van der Waals surface area contributed by atoms with Gasteiger partial charge in [0.05, 0.1) is 18.4 Å². The van der Waals surface area contributed by atoms with Gasteiger partial charge in [-0.25, -0.2) is 4.98 Å². The van der Waals surface area contributed by atoms with Crippen molar-refractivity contribution in [3.8, 4) is 0 Å². The quantitative estimate of drug-likeness (QED) is 0.791. The molecule has 1 aromatic heterocycles.